The molecule has 0 amide bonds. The SMILES string of the molecule is CC[C@]1(C[C@]2(C)N[C@@H](C(C)(C)C)CO2)CCCCC1=O. The van der Waals surface area contributed by atoms with Gasteiger partial charge in [-0.1, -0.05) is 34.1 Å². The van der Waals surface area contributed by atoms with Gasteiger partial charge in [-0.15, -0.1) is 0 Å². The molecule has 1 aliphatic carbocycles. The highest BCUT2D eigenvalue weighted by Gasteiger charge is 2.48. The third kappa shape index (κ3) is 3.09. The van der Waals surface area contributed by atoms with E-state index in [1.807, 2.05) is 0 Å². The molecular weight excluding hydrogens is 250 g/mol. The summed E-state index contributed by atoms with van der Waals surface area (Å²) in [6, 6.07) is 0.361. The number of carbonyl (C=O) groups excluding carboxylic acids is 1. The molecule has 2 rings (SSSR count). The summed E-state index contributed by atoms with van der Waals surface area (Å²) in [7, 11) is 0. The van der Waals surface area contributed by atoms with Crippen molar-refractivity contribution >= 4 is 5.78 Å². The first-order chi connectivity index (χ1) is 9.21. The van der Waals surface area contributed by atoms with E-state index in [2.05, 4.69) is 39.9 Å². The fraction of sp³-hybridized carbons (Fsp3) is 0.941. The van der Waals surface area contributed by atoms with Gasteiger partial charge >= 0.3 is 0 Å². The van der Waals surface area contributed by atoms with Gasteiger partial charge in [-0.05, 0) is 31.6 Å². The monoisotopic (exact) mass is 281 g/mol. The van der Waals surface area contributed by atoms with Crippen LogP contribution in [0.1, 0.15) is 73.1 Å². The van der Waals surface area contributed by atoms with Crippen molar-refractivity contribution in [2.45, 2.75) is 84.9 Å². The van der Waals surface area contributed by atoms with E-state index in [1.165, 1.54) is 6.42 Å². The van der Waals surface area contributed by atoms with Crippen LogP contribution < -0.4 is 5.32 Å². The Morgan fingerprint density at radius 2 is 2.05 bits per heavy atom. The second kappa shape index (κ2) is 5.42. The van der Waals surface area contributed by atoms with E-state index in [9.17, 15) is 4.79 Å². The van der Waals surface area contributed by atoms with Crippen LogP contribution >= 0.6 is 0 Å². The highest BCUT2D eigenvalue weighted by atomic mass is 16.5. The minimum atomic E-state index is -0.346. The Kier molecular flexibility index (Phi) is 4.32. The van der Waals surface area contributed by atoms with Crippen LogP contribution in [0, 0.1) is 10.8 Å². The van der Waals surface area contributed by atoms with Crippen LogP contribution in [0.15, 0.2) is 0 Å². The molecule has 1 aliphatic heterocycles. The molecule has 3 atom stereocenters. The van der Waals surface area contributed by atoms with Gasteiger partial charge in [-0.25, -0.2) is 0 Å². The molecule has 0 radical (unpaired) electrons. The molecule has 1 heterocycles. The van der Waals surface area contributed by atoms with Crippen LogP contribution in [0.5, 0.6) is 0 Å². The van der Waals surface area contributed by atoms with Crippen molar-refractivity contribution in [3.63, 3.8) is 0 Å². The molecule has 0 spiro atoms. The normalized spacial score (nSPS) is 39.2. The Bertz CT molecular complexity index is 374. The molecule has 0 aromatic carbocycles. The number of ketones is 1. The number of hydrogen-bond donors (Lipinski definition) is 1. The van der Waals surface area contributed by atoms with E-state index in [-0.39, 0.29) is 16.6 Å². The van der Waals surface area contributed by atoms with Crippen LogP contribution in [-0.2, 0) is 9.53 Å². The minimum Gasteiger partial charge on any atom is -0.359 e. The van der Waals surface area contributed by atoms with Gasteiger partial charge in [0.1, 0.15) is 11.5 Å². The first-order valence-corrected chi connectivity index (χ1v) is 8.16. The van der Waals surface area contributed by atoms with Crippen molar-refractivity contribution in [2.24, 2.45) is 10.8 Å². The molecule has 2 fully saturated rings. The van der Waals surface area contributed by atoms with E-state index in [4.69, 9.17) is 4.74 Å². The van der Waals surface area contributed by atoms with E-state index < -0.39 is 0 Å². The number of carbonyl (C=O) groups is 1. The van der Waals surface area contributed by atoms with Crippen molar-refractivity contribution in [3.05, 3.63) is 0 Å². The lowest BCUT2D eigenvalue weighted by Gasteiger charge is -2.41. The summed E-state index contributed by atoms with van der Waals surface area (Å²) < 4.78 is 6.09. The van der Waals surface area contributed by atoms with E-state index in [0.29, 0.717) is 11.8 Å². The molecule has 2 aliphatic rings. The molecule has 0 aromatic heterocycles. The standard InChI is InChI=1S/C17H31NO2/c1-6-17(10-8-7-9-14(17)19)12-16(5)18-13(11-20-16)15(2,3)4/h13,18H,6-12H2,1-5H3/t13-,16-,17-/m1/s1. The average molecular weight is 281 g/mol. The Hall–Kier alpha value is -0.410. The maximum atomic E-state index is 12.5. The quantitative estimate of drug-likeness (QED) is 0.858. The van der Waals surface area contributed by atoms with Crippen molar-refractivity contribution < 1.29 is 9.53 Å². The van der Waals surface area contributed by atoms with Crippen molar-refractivity contribution in [1.82, 2.24) is 5.32 Å². The summed E-state index contributed by atoms with van der Waals surface area (Å²) in [5.74, 6) is 0.456. The summed E-state index contributed by atoms with van der Waals surface area (Å²) in [5.41, 5.74) is -0.318. The predicted octanol–water partition coefficient (Wildman–Crippen LogP) is 3.67. The Labute approximate surface area is 123 Å². The molecule has 1 N–H and O–H groups in total. The summed E-state index contributed by atoms with van der Waals surface area (Å²) in [6.45, 7) is 11.7. The zero-order valence-corrected chi connectivity index (χ0v) is 13.8. The number of rotatable bonds is 3. The van der Waals surface area contributed by atoms with E-state index in [0.717, 1.165) is 38.7 Å². The molecular formula is C17H31NO2. The van der Waals surface area contributed by atoms with Crippen LogP contribution in [0.25, 0.3) is 0 Å². The van der Waals surface area contributed by atoms with Gasteiger partial charge in [0.25, 0.3) is 0 Å². The van der Waals surface area contributed by atoms with Crippen molar-refractivity contribution in [2.75, 3.05) is 6.61 Å². The minimum absolute atomic E-state index is 0.160. The Morgan fingerprint density at radius 3 is 2.55 bits per heavy atom. The highest BCUT2D eigenvalue weighted by molar-refractivity contribution is 5.85. The summed E-state index contributed by atoms with van der Waals surface area (Å²) in [6.07, 6.45) is 5.79. The molecule has 0 unspecified atom stereocenters. The van der Waals surface area contributed by atoms with Crippen molar-refractivity contribution in [1.29, 1.82) is 0 Å². The van der Waals surface area contributed by atoms with Gasteiger partial charge in [0, 0.05) is 24.3 Å². The van der Waals surface area contributed by atoms with E-state index in [1.54, 1.807) is 0 Å². The predicted molar refractivity (Wildman–Crippen MR) is 81.6 cm³/mol. The molecule has 0 aromatic rings. The maximum Gasteiger partial charge on any atom is 0.139 e. The number of hydrogen-bond acceptors (Lipinski definition) is 3. The number of Topliss-reactive ketones (excluding diaryl/α,β-unsaturated/α-hetero) is 1. The van der Waals surface area contributed by atoms with E-state index >= 15 is 0 Å². The fourth-order valence-corrected chi connectivity index (χ4v) is 3.77. The first-order valence-electron chi connectivity index (χ1n) is 8.16. The molecule has 0 bridgehead atoms. The topological polar surface area (TPSA) is 38.3 Å². The second-order valence-corrected chi connectivity index (χ2v) is 8.05. The van der Waals surface area contributed by atoms with Crippen molar-refractivity contribution in [3.8, 4) is 0 Å². The number of nitrogens with one attached hydrogen (secondary N) is 1. The fourth-order valence-electron chi connectivity index (χ4n) is 3.77. The van der Waals surface area contributed by atoms with Gasteiger partial charge in [0.2, 0.25) is 0 Å². The average Bonchev–Trinajstić information content (AvgIpc) is 2.75. The molecule has 3 heteroatoms. The van der Waals surface area contributed by atoms with Crippen LogP contribution in [-0.4, -0.2) is 24.2 Å². The molecule has 1 saturated carbocycles. The molecule has 116 valence electrons. The third-order valence-electron chi connectivity index (χ3n) is 5.35. The highest BCUT2D eigenvalue weighted by Crippen LogP contribution is 2.44. The van der Waals surface area contributed by atoms with Crippen LogP contribution in [0.2, 0.25) is 0 Å². The molecule has 1 saturated heterocycles. The Morgan fingerprint density at radius 1 is 1.35 bits per heavy atom. The van der Waals surface area contributed by atoms with Gasteiger partial charge in [0.15, 0.2) is 0 Å². The van der Waals surface area contributed by atoms with Crippen LogP contribution in [0.3, 0.4) is 0 Å². The van der Waals surface area contributed by atoms with Gasteiger partial charge in [-0.3, -0.25) is 10.1 Å². The Balaban J connectivity index is 2.10. The summed E-state index contributed by atoms with van der Waals surface area (Å²) in [5, 5.41) is 3.66. The number of ether oxygens (including phenoxy) is 1. The molecule has 3 nitrogen and oxygen atoms in total. The second-order valence-electron chi connectivity index (χ2n) is 8.05. The zero-order valence-electron chi connectivity index (χ0n) is 13.8. The zero-order chi connectivity index (χ0) is 15.0. The van der Waals surface area contributed by atoms with Gasteiger partial charge in [-0.2, -0.15) is 0 Å². The lowest BCUT2D eigenvalue weighted by atomic mass is 9.67. The smallest absolute Gasteiger partial charge is 0.139 e. The van der Waals surface area contributed by atoms with Gasteiger partial charge in [0.05, 0.1) is 6.61 Å². The summed E-state index contributed by atoms with van der Waals surface area (Å²) in [4.78, 5) is 12.5. The van der Waals surface area contributed by atoms with Crippen LogP contribution in [0.4, 0.5) is 0 Å². The first kappa shape index (κ1) is 16.0. The molecule has 20 heavy (non-hydrogen) atoms. The summed E-state index contributed by atoms with van der Waals surface area (Å²) >= 11 is 0. The largest absolute Gasteiger partial charge is 0.359 e. The maximum absolute atomic E-state index is 12.5. The third-order valence-corrected chi connectivity index (χ3v) is 5.35. The lowest BCUT2D eigenvalue weighted by molar-refractivity contribution is -0.137. The van der Waals surface area contributed by atoms with Gasteiger partial charge < -0.3 is 4.74 Å². The lowest BCUT2D eigenvalue weighted by Crippen LogP contribution is -2.51.